The number of ether oxygens (including phenoxy) is 1. The molecular weight excluding hydrogens is 396 g/mol. The van der Waals surface area contributed by atoms with Crippen LogP contribution in [0.2, 0.25) is 5.02 Å². The van der Waals surface area contributed by atoms with Crippen molar-refractivity contribution in [2.24, 2.45) is 11.8 Å². The highest BCUT2D eigenvalue weighted by Crippen LogP contribution is 2.36. The van der Waals surface area contributed by atoms with Gasteiger partial charge in [-0.15, -0.1) is 0 Å². The fraction of sp³-hybridized carbons (Fsp3) is 0.429. The Morgan fingerprint density at radius 1 is 1.21 bits per heavy atom. The summed E-state index contributed by atoms with van der Waals surface area (Å²) in [5, 5.41) is 3.28. The minimum absolute atomic E-state index is 0.347. The third kappa shape index (κ3) is 4.85. The van der Waals surface area contributed by atoms with Gasteiger partial charge in [0.2, 0.25) is 11.8 Å². The third-order valence-corrected chi connectivity index (χ3v) is 5.48. The van der Waals surface area contributed by atoms with Gasteiger partial charge in [-0.2, -0.15) is 0 Å². The molecule has 1 heterocycles. The molecule has 154 valence electrons. The van der Waals surface area contributed by atoms with Crippen molar-refractivity contribution in [2.75, 3.05) is 13.2 Å². The number of fused-ring (bicyclic) bond motifs is 1. The van der Waals surface area contributed by atoms with Crippen LogP contribution in [-0.4, -0.2) is 47.8 Å². The van der Waals surface area contributed by atoms with Crippen molar-refractivity contribution in [1.82, 2.24) is 10.2 Å². The van der Waals surface area contributed by atoms with Crippen LogP contribution in [-0.2, 0) is 30.3 Å². The van der Waals surface area contributed by atoms with Gasteiger partial charge in [0.25, 0.3) is 5.91 Å². The average Bonchev–Trinajstić information content (AvgIpc) is 2.96. The minimum atomic E-state index is -1.06. The number of hydrogen-bond acceptors (Lipinski definition) is 5. The van der Waals surface area contributed by atoms with Gasteiger partial charge in [-0.1, -0.05) is 35.9 Å². The summed E-state index contributed by atoms with van der Waals surface area (Å²) in [5.74, 6) is -2.73. The molecule has 0 bridgehead atoms. The Kier molecular flexibility index (Phi) is 6.69. The maximum Gasteiger partial charge on any atom is 0.329 e. The summed E-state index contributed by atoms with van der Waals surface area (Å²) in [6.07, 6.45) is 5.36. The smallest absolute Gasteiger partial charge is 0.329 e. The number of benzene rings is 1. The van der Waals surface area contributed by atoms with Gasteiger partial charge < -0.3 is 10.1 Å². The van der Waals surface area contributed by atoms with E-state index < -0.39 is 36.4 Å². The number of carbonyl (C=O) groups is 4. The molecule has 1 aliphatic carbocycles. The Morgan fingerprint density at radius 2 is 1.86 bits per heavy atom. The Hall–Kier alpha value is -2.67. The van der Waals surface area contributed by atoms with E-state index in [2.05, 4.69) is 5.32 Å². The molecular formula is C21H23ClN2O5. The van der Waals surface area contributed by atoms with E-state index in [0.717, 1.165) is 10.5 Å². The second-order valence-corrected chi connectivity index (χ2v) is 7.65. The summed E-state index contributed by atoms with van der Waals surface area (Å²) < 4.78 is 5.02. The van der Waals surface area contributed by atoms with Crippen LogP contribution in [0.1, 0.15) is 25.3 Å². The number of nitrogens with one attached hydrogen (secondary N) is 1. The fourth-order valence-electron chi connectivity index (χ4n) is 3.66. The van der Waals surface area contributed by atoms with Gasteiger partial charge >= 0.3 is 5.97 Å². The predicted octanol–water partition coefficient (Wildman–Crippen LogP) is 1.88. The molecule has 0 radical (unpaired) electrons. The second kappa shape index (κ2) is 9.22. The molecule has 7 nitrogen and oxygen atoms in total. The summed E-state index contributed by atoms with van der Waals surface area (Å²) in [6.45, 7) is 1.34. The molecule has 3 amide bonds. The average molecular weight is 419 g/mol. The summed E-state index contributed by atoms with van der Waals surface area (Å²) >= 11 is 5.91. The standard InChI is InChI=1S/C21H23ClN2O5/c1-13(24-19(26)16-7-2-3-8-17(16)20(24)27)21(28)29-12-18(25)23-10-9-14-5-4-6-15(22)11-14/h2-6,11,13,16-17H,7-10,12H2,1H3,(H,23,25)/t13-,16-,17+/m0/s1. The molecule has 0 unspecified atom stereocenters. The first-order valence-corrected chi connectivity index (χ1v) is 9.96. The summed E-state index contributed by atoms with van der Waals surface area (Å²) in [6, 6.07) is 6.25. The largest absolute Gasteiger partial charge is 0.454 e. The van der Waals surface area contributed by atoms with Crippen molar-refractivity contribution in [3.05, 3.63) is 47.0 Å². The van der Waals surface area contributed by atoms with Gasteiger partial charge in [0.1, 0.15) is 6.04 Å². The topological polar surface area (TPSA) is 92.8 Å². The number of rotatable bonds is 7. The Labute approximate surface area is 174 Å². The van der Waals surface area contributed by atoms with Gasteiger partial charge in [-0.05, 0) is 43.9 Å². The first-order valence-electron chi connectivity index (χ1n) is 9.58. The number of likely N-dealkylation sites (tertiary alicyclic amines) is 1. The van der Waals surface area contributed by atoms with Crippen molar-refractivity contribution in [2.45, 2.75) is 32.2 Å². The SMILES string of the molecule is C[C@@H](C(=O)OCC(=O)NCCc1cccc(Cl)c1)N1C(=O)[C@H]2CC=CC[C@H]2C1=O. The third-order valence-electron chi connectivity index (χ3n) is 5.24. The van der Waals surface area contributed by atoms with Crippen molar-refractivity contribution in [3.63, 3.8) is 0 Å². The number of esters is 1. The van der Waals surface area contributed by atoms with E-state index in [9.17, 15) is 19.2 Å². The zero-order valence-electron chi connectivity index (χ0n) is 16.1. The Morgan fingerprint density at radius 3 is 2.48 bits per heavy atom. The number of hydrogen-bond donors (Lipinski definition) is 1. The number of imide groups is 1. The lowest BCUT2D eigenvalue weighted by Gasteiger charge is -2.21. The number of halogens is 1. The maximum atomic E-state index is 12.5. The maximum absolute atomic E-state index is 12.5. The predicted molar refractivity (Wildman–Crippen MR) is 106 cm³/mol. The van der Waals surface area contributed by atoms with E-state index in [4.69, 9.17) is 16.3 Å². The second-order valence-electron chi connectivity index (χ2n) is 7.22. The van der Waals surface area contributed by atoms with Crippen molar-refractivity contribution in [3.8, 4) is 0 Å². The molecule has 1 aromatic rings. The van der Waals surface area contributed by atoms with E-state index in [1.54, 1.807) is 6.07 Å². The van der Waals surface area contributed by atoms with E-state index >= 15 is 0 Å². The summed E-state index contributed by atoms with van der Waals surface area (Å²) in [4.78, 5) is 50.2. The first-order chi connectivity index (χ1) is 13.9. The molecule has 1 fully saturated rings. The van der Waals surface area contributed by atoms with E-state index in [0.29, 0.717) is 30.8 Å². The lowest BCUT2D eigenvalue weighted by molar-refractivity contribution is -0.159. The van der Waals surface area contributed by atoms with E-state index in [1.165, 1.54) is 6.92 Å². The molecule has 0 saturated carbocycles. The van der Waals surface area contributed by atoms with Crippen molar-refractivity contribution >= 4 is 35.3 Å². The normalized spacial score (nSPS) is 21.7. The molecule has 2 aliphatic rings. The van der Waals surface area contributed by atoms with Crippen LogP contribution in [0.4, 0.5) is 0 Å². The van der Waals surface area contributed by atoms with Crippen LogP contribution in [0.3, 0.4) is 0 Å². The molecule has 1 aromatic carbocycles. The van der Waals surface area contributed by atoms with Gasteiger partial charge in [-0.25, -0.2) is 4.79 Å². The number of carbonyl (C=O) groups excluding carboxylic acids is 4. The molecule has 3 rings (SSSR count). The van der Waals surface area contributed by atoms with E-state index in [-0.39, 0.29) is 11.8 Å². The van der Waals surface area contributed by atoms with Crippen LogP contribution in [0.5, 0.6) is 0 Å². The highest BCUT2D eigenvalue weighted by Gasteiger charge is 2.50. The lowest BCUT2D eigenvalue weighted by atomic mass is 9.85. The molecule has 3 atom stereocenters. The fourth-order valence-corrected chi connectivity index (χ4v) is 3.87. The van der Waals surface area contributed by atoms with Crippen LogP contribution in [0.15, 0.2) is 36.4 Å². The molecule has 0 spiro atoms. The Bertz CT molecular complexity index is 827. The quantitative estimate of drug-likeness (QED) is 0.414. The van der Waals surface area contributed by atoms with Gasteiger partial charge in [0.15, 0.2) is 6.61 Å². The molecule has 1 N–H and O–H groups in total. The van der Waals surface area contributed by atoms with Crippen molar-refractivity contribution in [1.29, 1.82) is 0 Å². The van der Waals surface area contributed by atoms with Gasteiger partial charge in [-0.3, -0.25) is 19.3 Å². The summed E-state index contributed by atoms with van der Waals surface area (Å²) in [7, 11) is 0. The molecule has 29 heavy (non-hydrogen) atoms. The van der Waals surface area contributed by atoms with E-state index in [1.807, 2.05) is 30.4 Å². The number of nitrogens with zero attached hydrogens (tertiary/aromatic N) is 1. The first kappa shape index (κ1) is 21.0. The highest BCUT2D eigenvalue weighted by molar-refractivity contribution is 6.30. The Balaban J connectivity index is 1.44. The van der Waals surface area contributed by atoms with Crippen LogP contribution < -0.4 is 5.32 Å². The van der Waals surface area contributed by atoms with Crippen LogP contribution in [0.25, 0.3) is 0 Å². The number of amides is 3. The zero-order valence-corrected chi connectivity index (χ0v) is 16.9. The molecule has 0 aromatic heterocycles. The highest BCUT2D eigenvalue weighted by atomic mass is 35.5. The monoisotopic (exact) mass is 418 g/mol. The summed E-state index contributed by atoms with van der Waals surface area (Å²) in [5.41, 5.74) is 0.977. The lowest BCUT2D eigenvalue weighted by Crippen LogP contribution is -2.45. The van der Waals surface area contributed by atoms with Crippen molar-refractivity contribution < 1.29 is 23.9 Å². The van der Waals surface area contributed by atoms with Gasteiger partial charge in [0, 0.05) is 11.6 Å². The molecule has 8 heteroatoms. The minimum Gasteiger partial charge on any atom is -0.454 e. The zero-order chi connectivity index (χ0) is 21.0. The molecule has 1 saturated heterocycles. The number of allylic oxidation sites excluding steroid dienone is 2. The van der Waals surface area contributed by atoms with Crippen LogP contribution >= 0.6 is 11.6 Å². The molecule has 1 aliphatic heterocycles. The van der Waals surface area contributed by atoms with Crippen LogP contribution in [0, 0.1) is 11.8 Å². The van der Waals surface area contributed by atoms with Gasteiger partial charge in [0.05, 0.1) is 11.8 Å².